The van der Waals surface area contributed by atoms with Crippen molar-refractivity contribution >= 4 is 5.91 Å². The van der Waals surface area contributed by atoms with Gasteiger partial charge in [-0.15, -0.1) is 0 Å². The maximum absolute atomic E-state index is 12.2. The molecule has 0 fully saturated rings. The summed E-state index contributed by atoms with van der Waals surface area (Å²) in [4.78, 5) is 12.2. The first-order valence-corrected chi connectivity index (χ1v) is 7.75. The van der Waals surface area contributed by atoms with Crippen LogP contribution < -0.4 is 5.32 Å². The summed E-state index contributed by atoms with van der Waals surface area (Å²) < 4.78 is 14.6. The highest BCUT2D eigenvalue weighted by Gasteiger charge is 2.25. The van der Waals surface area contributed by atoms with E-state index in [1.165, 1.54) is 5.56 Å². The van der Waals surface area contributed by atoms with Crippen molar-refractivity contribution in [3.8, 4) is 0 Å². The number of nitrogens with zero attached hydrogens (tertiary/aromatic N) is 3. The second-order valence-corrected chi connectivity index (χ2v) is 5.62. The van der Waals surface area contributed by atoms with Crippen molar-refractivity contribution in [1.29, 1.82) is 0 Å². The van der Waals surface area contributed by atoms with Gasteiger partial charge in [0.25, 0.3) is 5.91 Å². The molecular formula is C16H22N4O3. The molecule has 7 heteroatoms. The normalized spacial score (nSPS) is 17.0. The summed E-state index contributed by atoms with van der Waals surface area (Å²) in [6, 6.07) is 3.64. The van der Waals surface area contributed by atoms with Crippen LogP contribution >= 0.6 is 0 Å². The standard InChI is InChI=1S/C16H22N4O3/c1-19-6-3-4-13(19)16(21)17-10-14-15-12(5-8-23-14)11-20(18-15)7-9-22-2/h3-4,6,11,14H,5,7-10H2,1-2H3,(H,17,21)/t14-/m0/s1. The molecule has 1 atom stereocenters. The van der Waals surface area contributed by atoms with E-state index in [0.29, 0.717) is 32.0 Å². The summed E-state index contributed by atoms with van der Waals surface area (Å²) in [5, 5.41) is 7.51. The van der Waals surface area contributed by atoms with Gasteiger partial charge in [0.05, 0.1) is 25.5 Å². The SMILES string of the molecule is COCCn1cc2c(n1)[C@H](CNC(=O)c1cccn1C)OCC2. The van der Waals surface area contributed by atoms with Crippen LogP contribution in [0.15, 0.2) is 24.5 Å². The van der Waals surface area contributed by atoms with Crippen molar-refractivity contribution in [2.45, 2.75) is 19.1 Å². The zero-order chi connectivity index (χ0) is 16.2. The predicted molar refractivity (Wildman–Crippen MR) is 84.2 cm³/mol. The number of carbonyl (C=O) groups excluding carboxylic acids is 1. The second kappa shape index (κ2) is 6.97. The van der Waals surface area contributed by atoms with Gasteiger partial charge < -0.3 is 19.4 Å². The molecule has 7 nitrogen and oxygen atoms in total. The smallest absolute Gasteiger partial charge is 0.267 e. The van der Waals surface area contributed by atoms with Crippen molar-refractivity contribution in [2.75, 3.05) is 26.9 Å². The largest absolute Gasteiger partial charge is 0.383 e. The number of hydrogen-bond acceptors (Lipinski definition) is 4. The minimum absolute atomic E-state index is 0.105. The fourth-order valence-corrected chi connectivity index (χ4v) is 2.76. The summed E-state index contributed by atoms with van der Waals surface area (Å²) in [7, 11) is 3.52. The number of aromatic nitrogens is 3. The van der Waals surface area contributed by atoms with E-state index in [2.05, 4.69) is 10.4 Å². The fourth-order valence-electron chi connectivity index (χ4n) is 2.76. The minimum Gasteiger partial charge on any atom is -0.383 e. The molecule has 124 valence electrons. The van der Waals surface area contributed by atoms with Gasteiger partial charge in [0, 0.05) is 33.1 Å². The van der Waals surface area contributed by atoms with Crippen molar-refractivity contribution in [1.82, 2.24) is 19.7 Å². The average molecular weight is 318 g/mol. The van der Waals surface area contributed by atoms with Gasteiger partial charge in [-0.3, -0.25) is 9.48 Å². The quantitative estimate of drug-likeness (QED) is 0.859. The Hall–Kier alpha value is -2.12. The number of nitrogens with one attached hydrogen (secondary N) is 1. The highest BCUT2D eigenvalue weighted by Crippen LogP contribution is 2.25. The van der Waals surface area contributed by atoms with Gasteiger partial charge in [0.2, 0.25) is 0 Å². The fraction of sp³-hybridized carbons (Fsp3) is 0.500. The van der Waals surface area contributed by atoms with Crippen molar-refractivity contribution in [2.24, 2.45) is 7.05 Å². The van der Waals surface area contributed by atoms with Crippen molar-refractivity contribution < 1.29 is 14.3 Å². The number of amides is 1. The molecule has 23 heavy (non-hydrogen) atoms. The molecule has 0 aliphatic carbocycles. The molecule has 0 spiro atoms. The number of carbonyl (C=O) groups is 1. The Kier molecular flexibility index (Phi) is 4.78. The van der Waals surface area contributed by atoms with Gasteiger partial charge in [-0.2, -0.15) is 5.10 Å². The van der Waals surface area contributed by atoms with E-state index in [1.54, 1.807) is 17.7 Å². The highest BCUT2D eigenvalue weighted by molar-refractivity contribution is 5.92. The summed E-state index contributed by atoms with van der Waals surface area (Å²) in [6.07, 6.45) is 4.54. The third-order valence-corrected chi connectivity index (χ3v) is 4.01. The lowest BCUT2D eigenvalue weighted by molar-refractivity contribution is 0.0381. The maximum atomic E-state index is 12.2. The van der Waals surface area contributed by atoms with Gasteiger partial charge in [0.15, 0.2) is 0 Å². The summed E-state index contributed by atoms with van der Waals surface area (Å²) in [5.74, 6) is -0.105. The number of rotatable bonds is 6. The van der Waals surface area contributed by atoms with Crippen molar-refractivity contribution in [3.63, 3.8) is 0 Å². The molecule has 2 aromatic rings. The topological polar surface area (TPSA) is 70.3 Å². The Bertz CT molecular complexity index is 677. The van der Waals surface area contributed by atoms with E-state index >= 15 is 0 Å². The molecule has 1 N–H and O–H groups in total. The molecule has 0 saturated carbocycles. The molecular weight excluding hydrogens is 296 g/mol. The molecule has 1 amide bonds. The highest BCUT2D eigenvalue weighted by atomic mass is 16.5. The van der Waals surface area contributed by atoms with Gasteiger partial charge in [-0.05, 0) is 24.1 Å². The van der Waals surface area contributed by atoms with E-state index in [-0.39, 0.29) is 12.0 Å². The van der Waals surface area contributed by atoms with Crippen LogP contribution in [0.1, 0.15) is 27.8 Å². The van der Waals surface area contributed by atoms with Gasteiger partial charge in [-0.25, -0.2) is 0 Å². The number of fused-ring (bicyclic) bond motifs is 1. The minimum atomic E-state index is -0.202. The number of methoxy groups -OCH3 is 1. The van der Waals surface area contributed by atoms with E-state index in [0.717, 1.165) is 12.1 Å². The lowest BCUT2D eigenvalue weighted by atomic mass is 10.1. The number of hydrogen-bond donors (Lipinski definition) is 1. The van der Waals surface area contributed by atoms with Crippen LogP contribution in [0, 0.1) is 0 Å². The van der Waals surface area contributed by atoms with Crippen LogP contribution in [-0.4, -0.2) is 47.1 Å². The van der Waals surface area contributed by atoms with Gasteiger partial charge >= 0.3 is 0 Å². The van der Waals surface area contributed by atoms with Gasteiger partial charge in [-0.1, -0.05) is 0 Å². The summed E-state index contributed by atoms with van der Waals surface area (Å²) >= 11 is 0. The van der Waals surface area contributed by atoms with Crippen molar-refractivity contribution in [3.05, 3.63) is 41.5 Å². The Morgan fingerprint density at radius 2 is 2.43 bits per heavy atom. The lowest BCUT2D eigenvalue weighted by Gasteiger charge is -2.22. The average Bonchev–Trinajstić information content (AvgIpc) is 3.16. The van der Waals surface area contributed by atoms with E-state index < -0.39 is 0 Å². The molecule has 0 radical (unpaired) electrons. The Morgan fingerprint density at radius 3 is 3.17 bits per heavy atom. The lowest BCUT2D eigenvalue weighted by Crippen LogP contribution is -2.32. The Balaban J connectivity index is 1.65. The Labute approximate surface area is 135 Å². The molecule has 3 heterocycles. The van der Waals surface area contributed by atoms with E-state index in [9.17, 15) is 4.79 Å². The third-order valence-electron chi connectivity index (χ3n) is 4.01. The first kappa shape index (κ1) is 15.8. The zero-order valence-corrected chi connectivity index (χ0v) is 13.5. The van der Waals surface area contributed by atoms with Crippen LogP contribution in [0.5, 0.6) is 0 Å². The zero-order valence-electron chi connectivity index (χ0n) is 13.5. The van der Waals surface area contributed by atoms with E-state index in [4.69, 9.17) is 9.47 Å². The third kappa shape index (κ3) is 3.46. The monoisotopic (exact) mass is 318 g/mol. The molecule has 3 rings (SSSR count). The number of ether oxygens (including phenoxy) is 2. The first-order chi connectivity index (χ1) is 11.2. The maximum Gasteiger partial charge on any atom is 0.267 e. The van der Waals surface area contributed by atoms with Crippen LogP contribution in [0.25, 0.3) is 0 Å². The number of aryl methyl sites for hydroxylation is 1. The second-order valence-electron chi connectivity index (χ2n) is 5.62. The van der Waals surface area contributed by atoms with Crippen LogP contribution in [0.4, 0.5) is 0 Å². The Morgan fingerprint density at radius 1 is 1.57 bits per heavy atom. The molecule has 0 unspecified atom stereocenters. The van der Waals surface area contributed by atoms with Crippen LogP contribution in [0.2, 0.25) is 0 Å². The first-order valence-electron chi connectivity index (χ1n) is 7.75. The molecule has 1 aliphatic rings. The van der Waals surface area contributed by atoms with E-state index in [1.807, 2.05) is 30.2 Å². The molecule has 0 aromatic carbocycles. The molecule has 1 aliphatic heterocycles. The molecule has 0 saturated heterocycles. The molecule has 2 aromatic heterocycles. The summed E-state index contributed by atoms with van der Waals surface area (Å²) in [6.45, 7) is 2.40. The van der Waals surface area contributed by atoms with Gasteiger partial charge in [0.1, 0.15) is 11.8 Å². The predicted octanol–water partition coefficient (Wildman–Crippen LogP) is 0.912. The summed E-state index contributed by atoms with van der Waals surface area (Å²) in [5.41, 5.74) is 2.73. The van der Waals surface area contributed by atoms with Crippen LogP contribution in [-0.2, 0) is 29.5 Å². The van der Waals surface area contributed by atoms with Crippen LogP contribution in [0.3, 0.4) is 0 Å². The molecule has 0 bridgehead atoms.